The lowest BCUT2D eigenvalue weighted by Gasteiger charge is -2.22. The minimum atomic E-state index is -0.00943. The Balaban J connectivity index is 1.40. The van der Waals surface area contributed by atoms with Crippen molar-refractivity contribution in [3.63, 3.8) is 0 Å². The van der Waals surface area contributed by atoms with Gasteiger partial charge in [-0.2, -0.15) is 10.1 Å². The van der Waals surface area contributed by atoms with Crippen LogP contribution >= 0.6 is 11.6 Å². The lowest BCUT2D eigenvalue weighted by atomic mass is 10.1. The number of nitrogens with zero attached hydrogens (tertiary/aromatic N) is 4. The van der Waals surface area contributed by atoms with E-state index in [4.69, 9.17) is 16.3 Å². The molecule has 0 unspecified atom stereocenters. The maximum Gasteiger partial charge on any atom is 0.229 e. The number of ether oxygens (including phenoxy) is 1. The Hall–Kier alpha value is -3.23. The van der Waals surface area contributed by atoms with E-state index >= 15 is 0 Å². The van der Waals surface area contributed by atoms with Crippen molar-refractivity contribution in [2.45, 2.75) is 31.8 Å². The summed E-state index contributed by atoms with van der Waals surface area (Å²) in [7, 11) is 0. The third-order valence-corrected chi connectivity index (χ3v) is 5.50. The standard InChI is InChI=1S/C23H25ClN6O2/c1-2-20(31)11-16-4-3-5-17(10-16)12-25-22-21(24)14-26-23(29-22)28-18-13-27-30(15-18)19-6-8-32-9-7-19/h2-5,10,13-15,19H,1,6-9,11-12H2,(H2,25,26,28,29). The van der Waals surface area contributed by atoms with Gasteiger partial charge in [-0.25, -0.2) is 4.98 Å². The Bertz CT molecular complexity index is 1090. The van der Waals surface area contributed by atoms with Crippen LogP contribution in [0.25, 0.3) is 0 Å². The number of benzene rings is 1. The Morgan fingerprint density at radius 3 is 2.91 bits per heavy atom. The number of nitrogens with one attached hydrogen (secondary N) is 2. The van der Waals surface area contributed by atoms with Crippen molar-refractivity contribution in [2.24, 2.45) is 0 Å². The van der Waals surface area contributed by atoms with Crippen LogP contribution in [-0.4, -0.2) is 38.7 Å². The van der Waals surface area contributed by atoms with Gasteiger partial charge in [0.2, 0.25) is 5.95 Å². The van der Waals surface area contributed by atoms with Crippen LogP contribution in [-0.2, 0) is 22.5 Å². The third-order valence-electron chi connectivity index (χ3n) is 5.22. The molecule has 0 amide bonds. The molecule has 1 fully saturated rings. The van der Waals surface area contributed by atoms with Crippen LogP contribution in [0.2, 0.25) is 5.02 Å². The van der Waals surface area contributed by atoms with Gasteiger partial charge in [0.25, 0.3) is 0 Å². The highest BCUT2D eigenvalue weighted by atomic mass is 35.5. The van der Waals surface area contributed by atoms with Gasteiger partial charge in [-0.05, 0) is 30.0 Å². The fourth-order valence-corrected chi connectivity index (χ4v) is 3.70. The topological polar surface area (TPSA) is 94.0 Å². The van der Waals surface area contributed by atoms with Crippen LogP contribution in [0.3, 0.4) is 0 Å². The molecular weight excluding hydrogens is 428 g/mol. The van der Waals surface area contributed by atoms with E-state index in [9.17, 15) is 4.79 Å². The molecule has 3 aromatic rings. The molecule has 1 aliphatic heterocycles. The van der Waals surface area contributed by atoms with E-state index in [2.05, 4.69) is 32.3 Å². The predicted molar refractivity (Wildman–Crippen MR) is 124 cm³/mol. The highest BCUT2D eigenvalue weighted by Crippen LogP contribution is 2.24. The molecule has 0 radical (unpaired) electrons. The number of ketones is 1. The summed E-state index contributed by atoms with van der Waals surface area (Å²) >= 11 is 6.29. The van der Waals surface area contributed by atoms with E-state index in [0.29, 0.717) is 35.8 Å². The maximum absolute atomic E-state index is 11.6. The normalized spacial score (nSPS) is 14.2. The molecule has 3 heterocycles. The van der Waals surface area contributed by atoms with Crippen molar-refractivity contribution in [2.75, 3.05) is 23.8 Å². The molecule has 9 heteroatoms. The number of allylic oxidation sites excluding steroid dienone is 1. The molecule has 0 spiro atoms. The number of rotatable bonds is 9. The summed E-state index contributed by atoms with van der Waals surface area (Å²) in [5, 5.41) is 11.3. The molecule has 1 aliphatic rings. The molecule has 0 atom stereocenters. The van der Waals surface area contributed by atoms with E-state index in [0.717, 1.165) is 42.9 Å². The minimum Gasteiger partial charge on any atom is -0.381 e. The zero-order valence-electron chi connectivity index (χ0n) is 17.6. The molecule has 4 rings (SSSR count). The lowest BCUT2D eigenvalue weighted by Crippen LogP contribution is -2.19. The monoisotopic (exact) mass is 452 g/mol. The number of hydrogen-bond acceptors (Lipinski definition) is 7. The predicted octanol–water partition coefficient (Wildman–Crippen LogP) is 4.33. The fourth-order valence-electron chi connectivity index (χ4n) is 3.54. The lowest BCUT2D eigenvalue weighted by molar-refractivity contribution is -0.114. The van der Waals surface area contributed by atoms with Gasteiger partial charge in [0.15, 0.2) is 11.6 Å². The quantitative estimate of drug-likeness (QED) is 0.466. The zero-order valence-corrected chi connectivity index (χ0v) is 18.4. The van der Waals surface area contributed by atoms with Crippen LogP contribution < -0.4 is 10.6 Å². The Morgan fingerprint density at radius 2 is 2.09 bits per heavy atom. The third kappa shape index (κ3) is 5.72. The van der Waals surface area contributed by atoms with Gasteiger partial charge < -0.3 is 15.4 Å². The van der Waals surface area contributed by atoms with Crippen LogP contribution in [0.1, 0.15) is 30.0 Å². The number of carbonyl (C=O) groups is 1. The summed E-state index contributed by atoms with van der Waals surface area (Å²) < 4.78 is 7.38. The molecule has 2 aromatic heterocycles. The molecule has 1 aromatic carbocycles. The van der Waals surface area contributed by atoms with Crippen molar-refractivity contribution >= 4 is 34.8 Å². The van der Waals surface area contributed by atoms with Crippen molar-refractivity contribution < 1.29 is 9.53 Å². The Kier molecular flexibility index (Phi) is 7.14. The van der Waals surface area contributed by atoms with Gasteiger partial charge in [0.1, 0.15) is 5.02 Å². The van der Waals surface area contributed by atoms with Gasteiger partial charge >= 0.3 is 0 Å². The molecule has 8 nitrogen and oxygen atoms in total. The maximum atomic E-state index is 11.6. The Labute approximate surface area is 191 Å². The molecule has 166 valence electrons. The Morgan fingerprint density at radius 1 is 1.28 bits per heavy atom. The molecular formula is C23H25ClN6O2. The first-order valence-electron chi connectivity index (χ1n) is 10.5. The van der Waals surface area contributed by atoms with Gasteiger partial charge in [0.05, 0.1) is 24.1 Å². The number of hydrogen-bond donors (Lipinski definition) is 2. The summed E-state index contributed by atoms with van der Waals surface area (Å²) in [6, 6.07) is 8.15. The van der Waals surface area contributed by atoms with E-state index in [1.165, 1.54) is 6.08 Å². The number of halogens is 1. The van der Waals surface area contributed by atoms with E-state index in [1.807, 2.05) is 35.1 Å². The van der Waals surface area contributed by atoms with Crippen molar-refractivity contribution in [1.82, 2.24) is 19.7 Å². The summed E-state index contributed by atoms with van der Waals surface area (Å²) in [4.78, 5) is 20.4. The van der Waals surface area contributed by atoms with Gasteiger partial charge in [-0.3, -0.25) is 9.48 Å². The second-order valence-electron chi connectivity index (χ2n) is 7.59. The van der Waals surface area contributed by atoms with Crippen LogP contribution in [0.4, 0.5) is 17.5 Å². The van der Waals surface area contributed by atoms with Gasteiger partial charge in [-0.15, -0.1) is 0 Å². The molecule has 32 heavy (non-hydrogen) atoms. The molecule has 0 aliphatic carbocycles. The molecule has 0 bridgehead atoms. The summed E-state index contributed by atoms with van der Waals surface area (Å²) in [6.45, 7) is 5.55. The van der Waals surface area contributed by atoms with Gasteiger partial charge in [-0.1, -0.05) is 42.4 Å². The van der Waals surface area contributed by atoms with Crippen molar-refractivity contribution in [3.05, 3.63) is 71.7 Å². The fraction of sp³-hybridized carbons (Fsp3) is 0.304. The smallest absolute Gasteiger partial charge is 0.229 e. The van der Waals surface area contributed by atoms with E-state index < -0.39 is 0 Å². The highest BCUT2D eigenvalue weighted by molar-refractivity contribution is 6.32. The largest absolute Gasteiger partial charge is 0.381 e. The van der Waals surface area contributed by atoms with Crippen LogP contribution in [0.5, 0.6) is 0 Å². The average Bonchev–Trinajstić information content (AvgIpc) is 3.28. The second kappa shape index (κ2) is 10.4. The second-order valence-corrected chi connectivity index (χ2v) is 8.00. The number of anilines is 3. The van der Waals surface area contributed by atoms with Gasteiger partial charge in [0, 0.05) is 32.4 Å². The number of carbonyl (C=O) groups excluding carboxylic acids is 1. The van der Waals surface area contributed by atoms with E-state index in [1.54, 1.807) is 12.4 Å². The summed E-state index contributed by atoms with van der Waals surface area (Å²) in [5.41, 5.74) is 2.76. The SMILES string of the molecule is C=CC(=O)Cc1cccc(CNc2nc(Nc3cnn(C4CCOCC4)c3)ncc2Cl)c1. The van der Waals surface area contributed by atoms with E-state index in [-0.39, 0.29) is 5.78 Å². The summed E-state index contributed by atoms with van der Waals surface area (Å²) in [6.07, 6.45) is 8.86. The summed E-state index contributed by atoms with van der Waals surface area (Å²) in [5.74, 6) is 0.937. The molecule has 0 saturated carbocycles. The van der Waals surface area contributed by atoms with Crippen molar-refractivity contribution in [1.29, 1.82) is 0 Å². The number of aromatic nitrogens is 4. The highest BCUT2D eigenvalue weighted by Gasteiger charge is 2.17. The molecule has 1 saturated heterocycles. The zero-order chi connectivity index (χ0) is 22.3. The first-order chi connectivity index (χ1) is 15.6. The first kappa shape index (κ1) is 22.0. The van der Waals surface area contributed by atoms with Crippen molar-refractivity contribution in [3.8, 4) is 0 Å². The minimum absolute atomic E-state index is 0.00943. The van der Waals surface area contributed by atoms with Crippen LogP contribution in [0, 0.1) is 0 Å². The average molecular weight is 453 g/mol. The molecule has 2 N–H and O–H groups in total. The van der Waals surface area contributed by atoms with Crippen LogP contribution in [0.15, 0.2) is 55.5 Å². The first-order valence-corrected chi connectivity index (χ1v) is 10.9.